The zero-order valence-corrected chi connectivity index (χ0v) is 29.8. The first kappa shape index (κ1) is 36.3. The highest BCUT2D eigenvalue weighted by atomic mass is 16.4. The van der Waals surface area contributed by atoms with Crippen LogP contribution in [0.5, 0.6) is 0 Å². The van der Waals surface area contributed by atoms with Crippen LogP contribution in [0.15, 0.2) is 131 Å². The zero-order chi connectivity index (χ0) is 38.3. The molecule has 0 aliphatic carbocycles. The molecule has 2 aliphatic rings. The van der Waals surface area contributed by atoms with Gasteiger partial charge < -0.3 is 25.0 Å². The van der Waals surface area contributed by atoms with E-state index in [0.29, 0.717) is 26.8 Å². The standard InChI is InChI=1S/C43H38N4O7/c1-25-26(2)34(29-18-10-5-11-19-29)37-35(33(25)28-16-8-4-9-17-28)44-36-40(45-42(53)46(27(3)49)41(36)52)47(37)38(30-20-12-6-13-21-30)43(54,39(51)32(50)24-48)31-22-14-7-15-23-31/h4-23,32,38-39,48,50-51,54H,24H2,1-3H3. The topological polar surface area (TPSA) is 168 Å². The molecule has 0 spiro atoms. The van der Waals surface area contributed by atoms with Gasteiger partial charge in [-0.2, -0.15) is 9.55 Å². The van der Waals surface area contributed by atoms with Gasteiger partial charge in [0, 0.05) is 18.1 Å². The molecule has 0 radical (unpaired) electrons. The van der Waals surface area contributed by atoms with E-state index in [1.54, 1.807) is 60.7 Å². The van der Waals surface area contributed by atoms with Gasteiger partial charge >= 0.3 is 5.69 Å². The number of hydrogen-bond acceptors (Lipinski definition) is 9. The Morgan fingerprint density at radius 1 is 0.741 bits per heavy atom. The quantitative estimate of drug-likeness (QED) is 0.152. The fraction of sp³-hybridized carbons (Fsp3) is 0.186. The second-order valence-electron chi connectivity index (χ2n) is 13.3. The molecular weight excluding hydrogens is 684 g/mol. The van der Waals surface area contributed by atoms with Crippen molar-refractivity contribution >= 4 is 16.9 Å². The Labute approximate surface area is 310 Å². The number of carbonyl (C=O) groups is 1. The summed E-state index contributed by atoms with van der Waals surface area (Å²) >= 11 is 0. The summed E-state index contributed by atoms with van der Waals surface area (Å²) in [6, 6.07) is 34.2. The summed E-state index contributed by atoms with van der Waals surface area (Å²) in [7, 11) is 0. The fourth-order valence-electron chi connectivity index (χ4n) is 7.54. The van der Waals surface area contributed by atoms with Gasteiger partial charge in [0.05, 0.1) is 23.7 Å². The molecule has 11 heteroatoms. The molecule has 0 aromatic heterocycles. The third kappa shape index (κ3) is 5.83. The summed E-state index contributed by atoms with van der Waals surface area (Å²) in [5.74, 6) is -1.13. The third-order valence-corrected chi connectivity index (χ3v) is 10.2. The molecule has 0 saturated carbocycles. The van der Waals surface area contributed by atoms with Gasteiger partial charge in [0.2, 0.25) is 5.91 Å². The molecule has 5 aromatic rings. The summed E-state index contributed by atoms with van der Waals surface area (Å²) in [5, 5.41) is 46.8. The van der Waals surface area contributed by atoms with Crippen LogP contribution >= 0.6 is 0 Å². The number of fused-ring (bicyclic) bond motifs is 2. The van der Waals surface area contributed by atoms with Gasteiger partial charge in [-0.3, -0.25) is 9.59 Å². The molecule has 0 fully saturated rings. The first-order chi connectivity index (χ1) is 26.0. The minimum atomic E-state index is -2.49. The van der Waals surface area contributed by atoms with Crippen LogP contribution in [0, 0.1) is 13.8 Å². The molecule has 0 saturated heterocycles. The van der Waals surface area contributed by atoms with Crippen molar-refractivity contribution in [1.82, 2.24) is 19.1 Å². The van der Waals surface area contributed by atoms with Gasteiger partial charge in [-0.25, -0.2) is 9.78 Å². The maximum absolute atomic E-state index is 14.3. The number of hydrogen-bond donors (Lipinski definition) is 4. The van der Waals surface area contributed by atoms with E-state index in [2.05, 4.69) is 4.98 Å². The van der Waals surface area contributed by atoms with Gasteiger partial charge in [0.25, 0.3) is 5.56 Å². The number of rotatable bonds is 9. The first-order valence-corrected chi connectivity index (χ1v) is 17.4. The Bertz CT molecular complexity index is 2580. The summed E-state index contributed by atoms with van der Waals surface area (Å²) in [4.78, 5) is 50.2. The Balaban J connectivity index is 1.84. The second-order valence-corrected chi connectivity index (χ2v) is 13.3. The lowest BCUT2D eigenvalue weighted by atomic mass is 9.75. The summed E-state index contributed by atoms with van der Waals surface area (Å²) in [6.07, 6.45) is -3.90. The van der Waals surface area contributed by atoms with Crippen molar-refractivity contribution in [1.29, 1.82) is 0 Å². The fourth-order valence-corrected chi connectivity index (χ4v) is 7.54. The lowest BCUT2D eigenvalue weighted by Crippen LogP contribution is -2.54. The number of aliphatic hydroxyl groups is 4. The maximum Gasteiger partial charge on any atom is 0.359 e. The van der Waals surface area contributed by atoms with E-state index >= 15 is 0 Å². The highest BCUT2D eigenvalue weighted by Gasteiger charge is 2.51. The molecule has 4 unspecified atom stereocenters. The van der Waals surface area contributed by atoms with Crippen molar-refractivity contribution < 1.29 is 25.2 Å². The van der Waals surface area contributed by atoms with Gasteiger partial charge in [-0.1, -0.05) is 121 Å². The molecule has 4 N–H and O–H groups in total. The predicted octanol–water partition coefficient (Wildman–Crippen LogP) is 4.86. The van der Waals surface area contributed by atoms with Crippen molar-refractivity contribution in [3.8, 4) is 33.8 Å². The van der Waals surface area contributed by atoms with E-state index in [1.807, 2.05) is 74.5 Å². The average Bonchev–Trinajstić information content (AvgIpc) is 3.19. The number of nitrogens with zero attached hydrogens (tertiary/aromatic N) is 4. The minimum Gasteiger partial charge on any atom is -0.394 e. The van der Waals surface area contributed by atoms with Gasteiger partial charge in [0.1, 0.15) is 17.8 Å². The molecule has 4 atom stereocenters. The van der Waals surface area contributed by atoms with Crippen molar-refractivity contribution in [2.75, 3.05) is 6.61 Å². The van der Waals surface area contributed by atoms with Crippen LogP contribution in [0.4, 0.5) is 0 Å². The number of aliphatic hydroxyl groups excluding tert-OH is 3. The van der Waals surface area contributed by atoms with Crippen LogP contribution in [0.1, 0.15) is 40.0 Å². The SMILES string of the molecule is CC(=O)n1c(=O)nc2n(C(c3ccccc3)C(O)(c3ccccc3)C(O)C(O)CO)c3c(-c4ccccc4)c(C)c(C)c(-c4ccccc4)c3nc-2c1=O. The van der Waals surface area contributed by atoms with Crippen LogP contribution in [-0.2, 0) is 5.60 Å². The van der Waals surface area contributed by atoms with E-state index in [1.165, 1.54) is 4.57 Å². The highest BCUT2D eigenvalue weighted by molar-refractivity contribution is 6.05. The molecule has 7 rings (SSSR count). The normalized spacial score (nSPS) is 14.4. The molecular formula is C43H38N4O7. The van der Waals surface area contributed by atoms with E-state index in [4.69, 9.17) is 4.98 Å². The highest BCUT2D eigenvalue weighted by Crippen LogP contribution is 2.49. The van der Waals surface area contributed by atoms with Crippen LogP contribution < -0.4 is 11.2 Å². The average molecular weight is 723 g/mol. The minimum absolute atomic E-state index is 0.150. The third-order valence-electron chi connectivity index (χ3n) is 10.2. The molecule has 5 aromatic carbocycles. The summed E-state index contributed by atoms with van der Waals surface area (Å²) in [5.41, 5.74) is 0.577. The summed E-state index contributed by atoms with van der Waals surface area (Å²) < 4.78 is 1.94. The molecule has 0 amide bonds. The van der Waals surface area contributed by atoms with Crippen LogP contribution in [-0.4, -0.2) is 64.3 Å². The number of benzene rings is 5. The van der Waals surface area contributed by atoms with E-state index in [9.17, 15) is 34.8 Å². The Hall–Kier alpha value is -6.11. The lowest BCUT2D eigenvalue weighted by molar-refractivity contribution is -0.156. The lowest BCUT2D eigenvalue weighted by Gasteiger charge is -2.44. The monoisotopic (exact) mass is 722 g/mol. The molecule has 2 heterocycles. The van der Waals surface area contributed by atoms with Crippen molar-refractivity contribution in [3.05, 3.63) is 164 Å². The molecule has 2 aliphatic heterocycles. The van der Waals surface area contributed by atoms with Crippen LogP contribution in [0.3, 0.4) is 0 Å². The van der Waals surface area contributed by atoms with E-state index < -0.39 is 47.6 Å². The van der Waals surface area contributed by atoms with Crippen molar-refractivity contribution in [2.45, 2.75) is 44.6 Å². The molecule has 0 bridgehead atoms. The Morgan fingerprint density at radius 2 is 1.24 bits per heavy atom. The predicted molar refractivity (Wildman–Crippen MR) is 205 cm³/mol. The Kier molecular flexibility index (Phi) is 9.65. The first-order valence-electron chi connectivity index (χ1n) is 17.4. The van der Waals surface area contributed by atoms with E-state index in [0.717, 1.165) is 29.2 Å². The molecule has 272 valence electrons. The molecule has 11 nitrogen and oxygen atoms in total. The van der Waals surface area contributed by atoms with Crippen LogP contribution in [0.2, 0.25) is 0 Å². The van der Waals surface area contributed by atoms with Gasteiger partial charge in [-0.15, -0.1) is 0 Å². The Morgan fingerprint density at radius 3 is 1.78 bits per heavy atom. The summed E-state index contributed by atoms with van der Waals surface area (Å²) in [6.45, 7) is 4.07. The van der Waals surface area contributed by atoms with E-state index in [-0.39, 0.29) is 22.6 Å². The second kappa shape index (κ2) is 14.4. The largest absolute Gasteiger partial charge is 0.394 e. The number of carbonyl (C=O) groups excluding carboxylic acids is 1. The van der Waals surface area contributed by atoms with Crippen molar-refractivity contribution in [2.24, 2.45) is 0 Å². The zero-order valence-electron chi connectivity index (χ0n) is 29.8. The maximum atomic E-state index is 14.3. The van der Waals surface area contributed by atoms with Gasteiger partial charge in [-0.05, 0) is 47.2 Å². The van der Waals surface area contributed by atoms with Crippen molar-refractivity contribution in [3.63, 3.8) is 0 Å². The van der Waals surface area contributed by atoms with Gasteiger partial charge in [0.15, 0.2) is 11.5 Å². The smallest absolute Gasteiger partial charge is 0.359 e. The number of aromatic nitrogens is 4. The molecule has 54 heavy (non-hydrogen) atoms. The van der Waals surface area contributed by atoms with Crippen LogP contribution in [0.25, 0.3) is 44.8 Å².